The fraction of sp³-hybridized carbons (Fsp3) is 0.133. The van der Waals surface area contributed by atoms with Gasteiger partial charge in [0.05, 0.1) is 25.0 Å². The summed E-state index contributed by atoms with van der Waals surface area (Å²) in [6, 6.07) is 24.2. The van der Waals surface area contributed by atoms with E-state index in [2.05, 4.69) is 15.8 Å². The van der Waals surface area contributed by atoms with Gasteiger partial charge in [-0.15, -0.1) is 0 Å². The molecule has 0 spiro atoms. The molecule has 0 atom stereocenters. The second-order valence-corrected chi connectivity index (χ2v) is 8.16. The number of hydrogen-bond donors (Lipinski definition) is 2. The lowest BCUT2D eigenvalue weighted by Gasteiger charge is -2.11. The molecule has 4 aromatic carbocycles. The van der Waals surface area contributed by atoms with Crippen LogP contribution in [0, 0.1) is 0 Å². The molecule has 0 aliphatic heterocycles. The maximum Gasteiger partial charge on any atom is 0.343 e. The van der Waals surface area contributed by atoms with E-state index in [1.54, 1.807) is 54.6 Å². The number of hydrogen-bond acceptors (Lipinski definition) is 7. The van der Waals surface area contributed by atoms with Gasteiger partial charge in [0.25, 0.3) is 0 Å². The van der Waals surface area contributed by atoms with Crippen LogP contribution in [0.25, 0.3) is 10.8 Å². The third-order valence-electron chi connectivity index (χ3n) is 5.52. The molecule has 0 aliphatic rings. The molecule has 9 nitrogen and oxygen atoms in total. The monoisotopic (exact) mass is 525 g/mol. The highest BCUT2D eigenvalue weighted by atomic mass is 16.5. The number of fused-ring (bicyclic) bond motifs is 1. The standard InChI is InChI=1S/C30H27N3O6/c1-3-37-23-14-9-21(10-15-23)30(36)39-27-18-11-20-7-5-6-8-25(20)26(27)19-31-33-29(35)28(34)32-22-12-16-24(17-13-22)38-4-2/h5-19H,3-4H2,1-2H3,(H,32,34)(H,33,35)/b31-19+. The number of nitrogens with zero attached hydrogens (tertiary/aromatic N) is 1. The molecule has 0 saturated heterocycles. The summed E-state index contributed by atoms with van der Waals surface area (Å²) >= 11 is 0. The lowest BCUT2D eigenvalue weighted by molar-refractivity contribution is -0.136. The van der Waals surface area contributed by atoms with Crippen molar-refractivity contribution >= 4 is 40.5 Å². The summed E-state index contributed by atoms with van der Waals surface area (Å²) < 4.78 is 16.5. The van der Waals surface area contributed by atoms with Crippen LogP contribution >= 0.6 is 0 Å². The van der Waals surface area contributed by atoms with Gasteiger partial charge in [-0.05, 0) is 79.2 Å². The van der Waals surface area contributed by atoms with Gasteiger partial charge in [-0.1, -0.05) is 30.3 Å². The van der Waals surface area contributed by atoms with Crippen molar-refractivity contribution in [3.05, 3.63) is 96.1 Å². The SMILES string of the molecule is CCOc1ccc(NC(=O)C(=O)N/N=C/c2c(OC(=O)c3ccc(OCC)cc3)ccc3ccccc23)cc1. The molecule has 39 heavy (non-hydrogen) atoms. The molecule has 0 unspecified atom stereocenters. The van der Waals surface area contributed by atoms with Crippen molar-refractivity contribution in [2.45, 2.75) is 13.8 Å². The van der Waals surface area contributed by atoms with Gasteiger partial charge in [-0.3, -0.25) is 9.59 Å². The van der Waals surface area contributed by atoms with Gasteiger partial charge in [-0.25, -0.2) is 10.2 Å². The average molecular weight is 526 g/mol. The minimum absolute atomic E-state index is 0.240. The second kappa shape index (κ2) is 12.9. The number of carbonyl (C=O) groups excluding carboxylic acids is 3. The highest BCUT2D eigenvalue weighted by Gasteiger charge is 2.15. The van der Waals surface area contributed by atoms with Gasteiger partial charge in [-0.2, -0.15) is 5.10 Å². The number of hydrazone groups is 1. The molecule has 2 amide bonds. The van der Waals surface area contributed by atoms with E-state index in [1.807, 2.05) is 44.2 Å². The van der Waals surface area contributed by atoms with Crippen LogP contribution in [0.15, 0.2) is 90.0 Å². The van der Waals surface area contributed by atoms with Crippen LogP contribution in [0.4, 0.5) is 5.69 Å². The summed E-state index contributed by atoms with van der Waals surface area (Å²) in [6.45, 7) is 4.78. The summed E-state index contributed by atoms with van der Waals surface area (Å²) in [5.41, 5.74) is 3.45. The van der Waals surface area contributed by atoms with E-state index in [0.717, 1.165) is 10.8 Å². The highest BCUT2D eigenvalue weighted by molar-refractivity contribution is 6.39. The smallest absolute Gasteiger partial charge is 0.343 e. The van der Waals surface area contributed by atoms with Crippen molar-refractivity contribution in [2.75, 3.05) is 18.5 Å². The van der Waals surface area contributed by atoms with Gasteiger partial charge in [0.15, 0.2) is 0 Å². The maximum absolute atomic E-state index is 12.8. The molecule has 0 fully saturated rings. The quantitative estimate of drug-likeness (QED) is 0.105. The Balaban J connectivity index is 1.48. The van der Waals surface area contributed by atoms with E-state index < -0.39 is 17.8 Å². The minimum atomic E-state index is -0.965. The molecule has 0 heterocycles. The Hall–Kier alpha value is -5.18. The van der Waals surface area contributed by atoms with E-state index in [9.17, 15) is 14.4 Å². The molecule has 0 radical (unpaired) electrons. The Morgan fingerprint density at radius 3 is 2.08 bits per heavy atom. The van der Waals surface area contributed by atoms with E-state index in [4.69, 9.17) is 14.2 Å². The van der Waals surface area contributed by atoms with Crippen molar-refractivity contribution in [3.63, 3.8) is 0 Å². The summed E-state index contributed by atoms with van der Waals surface area (Å²) in [5, 5.41) is 8.07. The number of amides is 2. The lowest BCUT2D eigenvalue weighted by Crippen LogP contribution is -2.32. The average Bonchev–Trinajstić information content (AvgIpc) is 2.95. The van der Waals surface area contributed by atoms with Gasteiger partial charge in [0.2, 0.25) is 0 Å². The molecule has 2 N–H and O–H groups in total. The van der Waals surface area contributed by atoms with E-state index in [-0.39, 0.29) is 5.75 Å². The zero-order valence-corrected chi connectivity index (χ0v) is 21.5. The molecular formula is C30H27N3O6. The van der Waals surface area contributed by atoms with E-state index in [0.29, 0.717) is 41.5 Å². The third-order valence-corrected chi connectivity index (χ3v) is 5.52. The first kappa shape index (κ1) is 26.9. The van der Waals surface area contributed by atoms with Gasteiger partial charge in [0.1, 0.15) is 17.2 Å². The molecule has 0 aromatic heterocycles. The van der Waals surface area contributed by atoms with Crippen LogP contribution in [0.5, 0.6) is 17.2 Å². The summed E-state index contributed by atoms with van der Waals surface area (Å²) in [5.74, 6) is -0.885. The van der Waals surface area contributed by atoms with Crippen LogP contribution < -0.4 is 25.0 Å². The van der Waals surface area contributed by atoms with Crippen molar-refractivity contribution in [1.29, 1.82) is 0 Å². The molecular weight excluding hydrogens is 498 g/mol. The Kier molecular flexibility index (Phi) is 8.87. The molecule has 198 valence electrons. The first-order valence-corrected chi connectivity index (χ1v) is 12.3. The van der Waals surface area contributed by atoms with Crippen LogP contribution in [0.3, 0.4) is 0 Å². The van der Waals surface area contributed by atoms with Crippen LogP contribution in [0.1, 0.15) is 29.8 Å². The Labute approximate surface area is 225 Å². The van der Waals surface area contributed by atoms with Gasteiger partial charge < -0.3 is 19.5 Å². The van der Waals surface area contributed by atoms with Crippen molar-refractivity contribution in [1.82, 2.24) is 5.43 Å². The predicted molar refractivity (Wildman–Crippen MR) is 148 cm³/mol. The minimum Gasteiger partial charge on any atom is -0.494 e. The Morgan fingerprint density at radius 1 is 0.769 bits per heavy atom. The Morgan fingerprint density at radius 2 is 1.41 bits per heavy atom. The number of carbonyl (C=O) groups is 3. The topological polar surface area (TPSA) is 115 Å². The number of anilines is 1. The van der Waals surface area contributed by atoms with Crippen LogP contribution in [-0.4, -0.2) is 37.2 Å². The van der Waals surface area contributed by atoms with Crippen molar-refractivity contribution in [2.24, 2.45) is 5.10 Å². The largest absolute Gasteiger partial charge is 0.494 e. The number of rotatable bonds is 9. The molecule has 0 bridgehead atoms. The lowest BCUT2D eigenvalue weighted by atomic mass is 10.0. The summed E-state index contributed by atoms with van der Waals surface area (Å²) in [4.78, 5) is 37.5. The van der Waals surface area contributed by atoms with E-state index >= 15 is 0 Å². The predicted octanol–water partition coefficient (Wildman–Crippen LogP) is 4.95. The molecule has 4 aromatic rings. The number of esters is 1. The van der Waals surface area contributed by atoms with Crippen LogP contribution in [-0.2, 0) is 9.59 Å². The van der Waals surface area contributed by atoms with Gasteiger partial charge >= 0.3 is 17.8 Å². The molecule has 0 saturated carbocycles. The zero-order valence-electron chi connectivity index (χ0n) is 21.5. The normalized spacial score (nSPS) is 10.7. The Bertz CT molecular complexity index is 1500. The van der Waals surface area contributed by atoms with E-state index in [1.165, 1.54) is 6.21 Å². The molecule has 4 rings (SSSR count). The van der Waals surface area contributed by atoms with Crippen molar-refractivity contribution < 1.29 is 28.6 Å². The van der Waals surface area contributed by atoms with Gasteiger partial charge in [0, 0.05) is 11.3 Å². The zero-order chi connectivity index (χ0) is 27.6. The first-order valence-electron chi connectivity index (χ1n) is 12.3. The molecule has 9 heteroatoms. The number of ether oxygens (including phenoxy) is 3. The fourth-order valence-corrected chi connectivity index (χ4v) is 3.71. The highest BCUT2D eigenvalue weighted by Crippen LogP contribution is 2.27. The first-order chi connectivity index (χ1) is 19.0. The second-order valence-electron chi connectivity index (χ2n) is 8.16. The maximum atomic E-state index is 12.8. The molecule has 0 aliphatic carbocycles. The fourth-order valence-electron chi connectivity index (χ4n) is 3.71. The number of benzene rings is 4. The summed E-state index contributed by atoms with van der Waals surface area (Å²) in [6.07, 6.45) is 1.34. The number of nitrogens with one attached hydrogen (secondary N) is 2. The third kappa shape index (κ3) is 6.98. The van der Waals surface area contributed by atoms with Crippen molar-refractivity contribution in [3.8, 4) is 17.2 Å². The van der Waals surface area contributed by atoms with Crippen LogP contribution in [0.2, 0.25) is 0 Å². The summed E-state index contributed by atoms with van der Waals surface area (Å²) in [7, 11) is 0.